The van der Waals surface area contributed by atoms with Crippen molar-refractivity contribution in [1.82, 2.24) is 14.9 Å². The summed E-state index contributed by atoms with van der Waals surface area (Å²) in [4.78, 5) is 12.9. The van der Waals surface area contributed by atoms with Gasteiger partial charge < -0.3 is 21.7 Å². The summed E-state index contributed by atoms with van der Waals surface area (Å²) in [5.41, 5.74) is 15.5. The zero-order valence-electron chi connectivity index (χ0n) is 19.3. The Bertz CT molecular complexity index is 691. The molecular weight excluding hydrogens is 374 g/mol. The van der Waals surface area contributed by atoms with Gasteiger partial charge in [0.05, 0.1) is 5.69 Å². The van der Waals surface area contributed by atoms with Crippen molar-refractivity contribution in [3.05, 3.63) is 48.0 Å². The lowest BCUT2D eigenvalue weighted by Gasteiger charge is -2.17. The number of pyridine rings is 2. The molecule has 0 radical (unpaired) electrons. The van der Waals surface area contributed by atoms with Crippen LogP contribution in [0.4, 0.5) is 11.4 Å². The van der Waals surface area contributed by atoms with Crippen LogP contribution in [-0.4, -0.2) is 62.2 Å². The van der Waals surface area contributed by atoms with E-state index in [1.54, 1.807) is 0 Å². The SMILES string of the molecule is CCCc1cc(NCCCCN)ccn1.CN(CCN)Cc1cc(N(C)C)ccn1. The van der Waals surface area contributed by atoms with Crippen LogP contribution in [-0.2, 0) is 13.0 Å². The molecule has 0 aliphatic heterocycles. The first-order chi connectivity index (χ1) is 14.5. The zero-order valence-corrected chi connectivity index (χ0v) is 19.3. The van der Waals surface area contributed by atoms with E-state index in [0.29, 0.717) is 6.54 Å². The Morgan fingerprint density at radius 2 is 1.67 bits per heavy atom. The van der Waals surface area contributed by atoms with Crippen LogP contribution in [0.15, 0.2) is 36.7 Å². The van der Waals surface area contributed by atoms with Crippen molar-refractivity contribution in [3.8, 4) is 0 Å². The summed E-state index contributed by atoms with van der Waals surface area (Å²) in [6, 6.07) is 8.26. The van der Waals surface area contributed by atoms with Gasteiger partial charge in [-0.05, 0) is 57.1 Å². The lowest BCUT2D eigenvalue weighted by atomic mass is 10.2. The Hall–Kier alpha value is -2.22. The molecule has 7 nitrogen and oxygen atoms in total. The van der Waals surface area contributed by atoms with Crippen molar-refractivity contribution in [1.29, 1.82) is 0 Å². The molecule has 0 saturated carbocycles. The number of rotatable bonds is 12. The van der Waals surface area contributed by atoms with E-state index in [0.717, 1.165) is 57.6 Å². The molecule has 2 aromatic rings. The highest BCUT2D eigenvalue weighted by molar-refractivity contribution is 5.44. The summed E-state index contributed by atoms with van der Waals surface area (Å²) in [6.07, 6.45) is 8.13. The Morgan fingerprint density at radius 3 is 2.33 bits per heavy atom. The van der Waals surface area contributed by atoms with Gasteiger partial charge in [0.2, 0.25) is 0 Å². The molecule has 0 bridgehead atoms. The number of nitrogens with zero attached hydrogens (tertiary/aromatic N) is 4. The third-order valence-corrected chi connectivity index (χ3v) is 4.54. The quantitative estimate of drug-likeness (QED) is 0.459. The number of nitrogens with two attached hydrogens (primary N) is 2. The molecule has 2 heterocycles. The Morgan fingerprint density at radius 1 is 0.933 bits per heavy atom. The molecule has 0 saturated heterocycles. The van der Waals surface area contributed by atoms with Crippen LogP contribution in [0.2, 0.25) is 0 Å². The van der Waals surface area contributed by atoms with Crippen LogP contribution in [0.5, 0.6) is 0 Å². The molecular formula is C23H41N7. The molecule has 168 valence electrons. The minimum Gasteiger partial charge on any atom is -0.385 e. The predicted molar refractivity (Wildman–Crippen MR) is 129 cm³/mol. The fourth-order valence-corrected chi connectivity index (χ4v) is 2.89. The van der Waals surface area contributed by atoms with E-state index >= 15 is 0 Å². The average Bonchev–Trinajstić information content (AvgIpc) is 2.73. The van der Waals surface area contributed by atoms with Gasteiger partial charge in [0.1, 0.15) is 0 Å². The monoisotopic (exact) mass is 415 g/mol. The number of aromatic nitrogens is 2. The first-order valence-corrected chi connectivity index (χ1v) is 10.9. The maximum atomic E-state index is 5.49. The first kappa shape index (κ1) is 25.8. The molecule has 30 heavy (non-hydrogen) atoms. The molecule has 2 aromatic heterocycles. The second kappa shape index (κ2) is 15.6. The van der Waals surface area contributed by atoms with Crippen LogP contribution < -0.4 is 21.7 Å². The predicted octanol–water partition coefficient (Wildman–Crippen LogP) is 2.72. The maximum absolute atomic E-state index is 5.49. The first-order valence-electron chi connectivity index (χ1n) is 10.9. The third-order valence-electron chi connectivity index (χ3n) is 4.54. The van der Waals surface area contributed by atoms with Crippen LogP contribution in [0.1, 0.15) is 37.6 Å². The van der Waals surface area contributed by atoms with Crippen LogP contribution in [0, 0.1) is 0 Å². The Kier molecular flexibility index (Phi) is 13.4. The fraction of sp³-hybridized carbons (Fsp3) is 0.565. The summed E-state index contributed by atoms with van der Waals surface area (Å²) in [7, 11) is 6.11. The molecule has 7 heteroatoms. The number of unbranched alkanes of at least 4 members (excludes halogenated alkanes) is 1. The van der Waals surface area contributed by atoms with E-state index in [-0.39, 0.29) is 0 Å². The van der Waals surface area contributed by atoms with E-state index in [1.807, 2.05) is 38.6 Å². The molecule has 2 rings (SSSR count). The van der Waals surface area contributed by atoms with Gasteiger partial charge in [-0.1, -0.05) is 13.3 Å². The van der Waals surface area contributed by atoms with Crippen molar-refractivity contribution >= 4 is 11.4 Å². The summed E-state index contributed by atoms with van der Waals surface area (Å²) < 4.78 is 0. The summed E-state index contributed by atoms with van der Waals surface area (Å²) in [5, 5.41) is 3.38. The van der Waals surface area contributed by atoms with Gasteiger partial charge in [-0.2, -0.15) is 0 Å². The molecule has 0 unspecified atom stereocenters. The van der Waals surface area contributed by atoms with Crippen molar-refractivity contribution in [3.63, 3.8) is 0 Å². The lowest BCUT2D eigenvalue weighted by molar-refractivity contribution is 0.332. The minimum atomic E-state index is 0.684. The van der Waals surface area contributed by atoms with Crippen molar-refractivity contribution in [2.24, 2.45) is 11.5 Å². The van der Waals surface area contributed by atoms with Gasteiger partial charge in [0.25, 0.3) is 0 Å². The van der Waals surface area contributed by atoms with E-state index in [4.69, 9.17) is 11.5 Å². The van der Waals surface area contributed by atoms with E-state index in [9.17, 15) is 0 Å². The number of nitrogens with one attached hydrogen (secondary N) is 1. The number of likely N-dealkylation sites (N-methyl/N-ethyl adjacent to an activating group) is 1. The molecule has 0 spiro atoms. The van der Waals surface area contributed by atoms with E-state index in [2.05, 4.69) is 51.2 Å². The highest BCUT2D eigenvalue weighted by Crippen LogP contribution is 2.12. The smallest absolute Gasteiger partial charge is 0.0564 e. The maximum Gasteiger partial charge on any atom is 0.0564 e. The van der Waals surface area contributed by atoms with Crippen molar-refractivity contribution in [2.75, 3.05) is 57.5 Å². The fourth-order valence-electron chi connectivity index (χ4n) is 2.89. The van der Waals surface area contributed by atoms with Gasteiger partial charge in [-0.3, -0.25) is 14.9 Å². The molecule has 0 fully saturated rings. The molecule has 0 atom stereocenters. The third kappa shape index (κ3) is 11.1. The standard InChI is InChI=1S/C12H21N3.C11H20N4/c1-2-5-11-10-12(6-9-15-11)14-8-4-3-7-13;1-14(2)11-4-6-13-10(8-11)9-15(3)7-5-12/h6,9-10H,2-5,7-8,13H2,1H3,(H,14,15);4,6,8H,5,7,9,12H2,1-3H3. The number of anilines is 2. The van der Waals surface area contributed by atoms with Crippen LogP contribution >= 0.6 is 0 Å². The van der Waals surface area contributed by atoms with Crippen LogP contribution in [0.25, 0.3) is 0 Å². The number of hydrogen-bond acceptors (Lipinski definition) is 7. The summed E-state index contributed by atoms with van der Waals surface area (Å²) >= 11 is 0. The molecule has 0 aromatic carbocycles. The topological polar surface area (TPSA) is 96.3 Å². The zero-order chi connectivity index (χ0) is 22.2. The minimum absolute atomic E-state index is 0.684. The van der Waals surface area contributed by atoms with Gasteiger partial charge in [-0.25, -0.2) is 0 Å². The Labute approximate surface area is 182 Å². The average molecular weight is 416 g/mol. The second-order valence-electron chi connectivity index (χ2n) is 7.63. The largest absolute Gasteiger partial charge is 0.385 e. The normalized spacial score (nSPS) is 10.5. The van der Waals surface area contributed by atoms with Crippen molar-refractivity contribution in [2.45, 2.75) is 39.2 Å². The van der Waals surface area contributed by atoms with E-state index in [1.165, 1.54) is 17.1 Å². The van der Waals surface area contributed by atoms with Gasteiger partial charge in [0, 0.05) is 69.7 Å². The molecule has 0 aliphatic rings. The van der Waals surface area contributed by atoms with Gasteiger partial charge >= 0.3 is 0 Å². The van der Waals surface area contributed by atoms with Crippen LogP contribution in [0.3, 0.4) is 0 Å². The van der Waals surface area contributed by atoms with E-state index < -0.39 is 0 Å². The highest BCUT2D eigenvalue weighted by Gasteiger charge is 2.02. The summed E-state index contributed by atoms with van der Waals surface area (Å²) in [6.45, 7) is 6.37. The number of hydrogen-bond donors (Lipinski definition) is 3. The highest BCUT2D eigenvalue weighted by atomic mass is 15.1. The van der Waals surface area contributed by atoms with Crippen molar-refractivity contribution < 1.29 is 0 Å². The number of aryl methyl sites for hydroxylation is 1. The molecule has 5 N–H and O–H groups in total. The lowest BCUT2D eigenvalue weighted by Crippen LogP contribution is -2.25. The van der Waals surface area contributed by atoms with Gasteiger partial charge in [-0.15, -0.1) is 0 Å². The molecule has 0 amide bonds. The second-order valence-corrected chi connectivity index (χ2v) is 7.63. The molecule has 0 aliphatic carbocycles. The van der Waals surface area contributed by atoms with Gasteiger partial charge in [0.15, 0.2) is 0 Å². The Balaban J connectivity index is 0.000000300. The summed E-state index contributed by atoms with van der Waals surface area (Å²) in [5.74, 6) is 0.